The van der Waals surface area contributed by atoms with E-state index in [4.69, 9.17) is 0 Å². The number of likely N-dealkylation sites (N-methyl/N-ethyl adjacent to an activating group) is 1. The smallest absolute Gasteiger partial charge is 0.327 e. The van der Waals surface area contributed by atoms with E-state index in [0.717, 1.165) is 0 Å². The van der Waals surface area contributed by atoms with Crippen molar-refractivity contribution >= 4 is 36.0 Å². The van der Waals surface area contributed by atoms with Crippen molar-refractivity contribution in [3.8, 4) is 0 Å². The SMILES string of the molecule is CN(NC=O)[C@@H](C(=O)N[C@H]1C(=O)N2[C@@H]1SC(C)(C)[C@@H]2C(=O)O)c1ccccc1. The van der Waals surface area contributed by atoms with Crippen LogP contribution in [0.1, 0.15) is 25.5 Å². The fourth-order valence-electron chi connectivity index (χ4n) is 3.72. The average molecular weight is 406 g/mol. The molecular formula is C18H22N4O5S. The lowest BCUT2D eigenvalue weighted by Crippen LogP contribution is -2.71. The molecule has 4 atom stereocenters. The number of aliphatic carboxylic acids is 1. The number of amides is 3. The summed E-state index contributed by atoms with van der Waals surface area (Å²) in [4.78, 5) is 49.3. The molecule has 150 valence electrons. The Bertz CT molecular complexity index is 802. The van der Waals surface area contributed by atoms with E-state index in [1.54, 1.807) is 45.2 Å². The Morgan fingerprint density at radius 1 is 1.32 bits per heavy atom. The molecule has 3 N–H and O–H groups in total. The van der Waals surface area contributed by atoms with E-state index in [9.17, 15) is 24.3 Å². The molecule has 3 rings (SSSR count). The van der Waals surface area contributed by atoms with Crippen LogP contribution < -0.4 is 10.7 Å². The highest BCUT2D eigenvalue weighted by Crippen LogP contribution is 2.50. The van der Waals surface area contributed by atoms with Crippen molar-refractivity contribution in [1.82, 2.24) is 20.7 Å². The van der Waals surface area contributed by atoms with Gasteiger partial charge < -0.3 is 15.3 Å². The summed E-state index contributed by atoms with van der Waals surface area (Å²) in [6, 6.07) is 6.25. The Balaban J connectivity index is 1.79. The molecule has 0 spiro atoms. The summed E-state index contributed by atoms with van der Waals surface area (Å²) >= 11 is 1.36. The van der Waals surface area contributed by atoms with Crippen molar-refractivity contribution < 1.29 is 24.3 Å². The third kappa shape index (κ3) is 3.33. The molecule has 9 nitrogen and oxygen atoms in total. The van der Waals surface area contributed by atoms with Crippen LogP contribution >= 0.6 is 11.8 Å². The molecule has 1 aromatic rings. The average Bonchev–Trinajstić information content (AvgIpc) is 2.89. The lowest BCUT2D eigenvalue weighted by atomic mass is 9.95. The largest absolute Gasteiger partial charge is 0.480 e. The van der Waals surface area contributed by atoms with Crippen LogP contribution in [0.4, 0.5) is 0 Å². The molecule has 0 saturated carbocycles. The second-order valence-corrected chi connectivity index (χ2v) is 9.03. The maximum atomic E-state index is 13.0. The van der Waals surface area contributed by atoms with Gasteiger partial charge in [0.1, 0.15) is 23.5 Å². The molecule has 0 aromatic heterocycles. The molecule has 0 bridgehead atoms. The molecule has 2 aliphatic rings. The van der Waals surface area contributed by atoms with E-state index in [1.165, 1.54) is 21.7 Å². The second kappa shape index (κ2) is 7.44. The van der Waals surface area contributed by atoms with Gasteiger partial charge in [-0.15, -0.1) is 11.8 Å². The summed E-state index contributed by atoms with van der Waals surface area (Å²) < 4.78 is -0.666. The summed E-state index contributed by atoms with van der Waals surface area (Å²) in [6.45, 7) is 3.55. The van der Waals surface area contributed by atoms with E-state index < -0.39 is 46.0 Å². The Morgan fingerprint density at radius 3 is 2.54 bits per heavy atom. The Labute approximate surface area is 166 Å². The number of thioether (sulfide) groups is 1. The first-order valence-corrected chi connectivity index (χ1v) is 9.57. The summed E-state index contributed by atoms with van der Waals surface area (Å²) in [6.07, 6.45) is 0.465. The zero-order valence-corrected chi connectivity index (χ0v) is 16.5. The van der Waals surface area contributed by atoms with Crippen LogP contribution in [0.3, 0.4) is 0 Å². The molecule has 1 aromatic carbocycles. The number of benzene rings is 1. The number of hydrogen-bond donors (Lipinski definition) is 3. The summed E-state index contributed by atoms with van der Waals surface area (Å²) in [5, 5.41) is 13.1. The molecule has 2 aliphatic heterocycles. The molecular weight excluding hydrogens is 384 g/mol. The van der Waals surface area contributed by atoms with E-state index in [2.05, 4.69) is 10.7 Å². The quantitative estimate of drug-likeness (QED) is 0.330. The van der Waals surface area contributed by atoms with E-state index in [0.29, 0.717) is 12.0 Å². The maximum absolute atomic E-state index is 13.0. The highest BCUT2D eigenvalue weighted by atomic mass is 32.2. The van der Waals surface area contributed by atoms with Gasteiger partial charge >= 0.3 is 5.97 Å². The number of β-lactam (4-membered cyclic amide) rings is 1. The molecule has 28 heavy (non-hydrogen) atoms. The minimum atomic E-state index is -1.06. The van der Waals surface area contributed by atoms with Crippen molar-refractivity contribution in [2.75, 3.05) is 7.05 Å². The monoisotopic (exact) mass is 406 g/mol. The number of hydrazine groups is 1. The Kier molecular flexibility index (Phi) is 5.35. The van der Waals surface area contributed by atoms with Gasteiger partial charge in [0.15, 0.2) is 0 Å². The lowest BCUT2D eigenvalue weighted by Gasteiger charge is -2.44. The standard InChI is InChI=1S/C18H22N4O5S/c1-18(2)13(17(26)27)22-15(25)11(16(22)28-18)20-14(24)12(21(3)19-9-23)10-7-5-4-6-8-10/h4-9,11-13,16H,1-3H3,(H,19,23)(H,20,24)(H,26,27)/t11-,12+,13-,16+/m0/s1. The number of carboxylic acid groups (broad SMARTS) is 1. The first-order chi connectivity index (χ1) is 13.2. The third-order valence-electron chi connectivity index (χ3n) is 4.98. The number of hydrogen-bond acceptors (Lipinski definition) is 6. The molecule has 2 fully saturated rings. The van der Waals surface area contributed by atoms with Crippen LogP contribution in [0.15, 0.2) is 30.3 Å². The topological polar surface area (TPSA) is 119 Å². The number of nitrogens with zero attached hydrogens (tertiary/aromatic N) is 2. The van der Waals surface area contributed by atoms with E-state index in [-0.39, 0.29) is 0 Å². The van der Waals surface area contributed by atoms with Crippen LogP contribution in [-0.2, 0) is 19.2 Å². The fourth-order valence-corrected chi connectivity index (χ4v) is 5.35. The highest BCUT2D eigenvalue weighted by molar-refractivity contribution is 8.01. The molecule has 3 amide bonds. The van der Waals surface area contributed by atoms with Gasteiger partial charge in [-0.1, -0.05) is 30.3 Å². The van der Waals surface area contributed by atoms with Gasteiger partial charge in [-0.2, -0.15) is 0 Å². The first-order valence-electron chi connectivity index (χ1n) is 8.70. The van der Waals surface area contributed by atoms with Crippen molar-refractivity contribution in [3.63, 3.8) is 0 Å². The maximum Gasteiger partial charge on any atom is 0.327 e. The number of carbonyl (C=O) groups is 4. The van der Waals surface area contributed by atoms with Crippen LogP contribution in [0.5, 0.6) is 0 Å². The van der Waals surface area contributed by atoms with E-state index >= 15 is 0 Å². The molecule has 0 unspecified atom stereocenters. The predicted octanol–water partition coefficient (Wildman–Crippen LogP) is -0.0478. The highest BCUT2D eigenvalue weighted by Gasteiger charge is 2.64. The zero-order chi connectivity index (χ0) is 20.6. The Morgan fingerprint density at radius 2 is 1.96 bits per heavy atom. The fraction of sp³-hybridized carbons (Fsp3) is 0.444. The van der Waals surface area contributed by atoms with Crippen molar-refractivity contribution in [2.45, 2.75) is 42.1 Å². The normalized spacial score (nSPS) is 26.2. The van der Waals surface area contributed by atoms with Crippen LogP contribution in [-0.4, -0.2) is 68.5 Å². The van der Waals surface area contributed by atoms with Crippen molar-refractivity contribution in [1.29, 1.82) is 0 Å². The second-order valence-electron chi connectivity index (χ2n) is 7.26. The van der Waals surface area contributed by atoms with Gasteiger partial charge in [-0.3, -0.25) is 19.8 Å². The van der Waals surface area contributed by atoms with Crippen molar-refractivity contribution in [2.24, 2.45) is 0 Å². The third-order valence-corrected chi connectivity index (χ3v) is 6.55. The lowest BCUT2D eigenvalue weighted by molar-refractivity contribution is -0.161. The molecule has 0 aliphatic carbocycles. The summed E-state index contributed by atoms with van der Waals surface area (Å²) in [5.41, 5.74) is 3.08. The van der Waals surface area contributed by atoms with Gasteiger partial charge in [0, 0.05) is 11.8 Å². The summed E-state index contributed by atoms with van der Waals surface area (Å²) in [5.74, 6) is -1.94. The van der Waals surface area contributed by atoms with Crippen molar-refractivity contribution in [3.05, 3.63) is 35.9 Å². The summed E-state index contributed by atoms with van der Waals surface area (Å²) in [7, 11) is 1.55. The Hall–Kier alpha value is -2.59. The minimum Gasteiger partial charge on any atom is -0.480 e. The van der Waals surface area contributed by atoms with Gasteiger partial charge in [-0.05, 0) is 19.4 Å². The molecule has 10 heteroatoms. The predicted molar refractivity (Wildman–Crippen MR) is 102 cm³/mol. The van der Waals surface area contributed by atoms with Crippen LogP contribution in [0.25, 0.3) is 0 Å². The number of carbonyl (C=O) groups excluding carboxylic acids is 3. The van der Waals surface area contributed by atoms with Crippen LogP contribution in [0.2, 0.25) is 0 Å². The molecule has 2 heterocycles. The number of fused-ring (bicyclic) bond motifs is 1. The van der Waals surface area contributed by atoms with Gasteiger partial charge in [0.25, 0.3) is 0 Å². The zero-order valence-electron chi connectivity index (χ0n) is 15.7. The van der Waals surface area contributed by atoms with E-state index in [1.807, 2.05) is 6.07 Å². The van der Waals surface area contributed by atoms with Crippen LogP contribution in [0, 0.1) is 0 Å². The van der Waals surface area contributed by atoms with Gasteiger partial charge in [0.05, 0.1) is 0 Å². The molecule has 0 radical (unpaired) electrons. The first kappa shape index (κ1) is 20.2. The number of rotatable bonds is 7. The van der Waals surface area contributed by atoms with Gasteiger partial charge in [-0.25, -0.2) is 9.80 Å². The minimum absolute atomic E-state index is 0.415. The van der Waals surface area contributed by atoms with Gasteiger partial charge in [0.2, 0.25) is 18.2 Å². The number of carboxylic acids is 1. The number of nitrogens with one attached hydrogen (secondary N) is 2. The molecule has 2 saturated heterocycles.